The fraction of sp³-hybridized carbons (Fsp3) is 0.182. The van der Waals surface area contributed by atoms with Gasteiger partial charge in [-0.15, -0.1) is 0 Å². The van der Waals surface area contributed by atoms with Crippen molar-refractivity contribution in [2.75, 3.05) is 0 Å². The van der Waals surface area contributed by atoms with E-state index in [0.717, 1.165) is 10.8 Å². The van der Waals surface area contributed by atoms with Crippen molar-refractivity contribution < 1.29 is 4.39 Å². The van der Waals surface area contributed by atoms with E-state index in [-0.39, 0.29) is 5.82 Å². The summed E-state index contributed by atoms with van der Waals surface area (Å²) in [6, 6.07) is 6.15. The molecule has 0 saturated heterocycles. The van der Waals surface area contributed by atoms with Crippen LogP contribution in [0.15, 0.2) is 30.5 Å². The van der Waals surface area contributed by atoms with Gasteiger partial charge in [-0.3, -0.25) is 0 Å². The van der Waals surface area contributed by atoms with Crippen LogP contribution in [0.5, 0.6) is 0 Å². The second-order valence-corrected chi connectivity index (χ2v) is 2.89. The molecule has 0 bridgehead atoms. The molecule has 14 heavy (non-hydrogen) atoms. The maximum absolute atomic E-state index is 12.7. The third-order valence-electron chi connectivity index (χ3n) is 1.65. The van der Waals surface area contributed by atoms with Crippen LogP contribution in [0.25, 0.3) is 10.8 Å². The van der Waals surface area contributed by atoms with Crippen LogP contribution in [-0.4, -0.2) is 4.98 Å². The van der Waals surface area contributed by atoms with Crippen LogP contribution in [0, 0.1) is 5.82 Å². The molecule has 1 aromatic heterocycles. The molecule has 0 aliphatic carbocycles. The average Bonchev–Trinajstić information content (AvgIpc) is 2.20. The minimum Gasteiger partial charge on any atom is -0.244 e. The fourth-order valence-electron chi connectivity index (χ4n) is 1.08. The van der Waals surface area contributed by atoms with Gasteiger partial charge in [-0.05, 0) is 29.7 Å². The number of aromatic nitrogens is 1. The van der Waals surface area contributed by atoms with E-state index in [9.17, 15) is 4.39 Å². The first-order valence-corrected chi connectivity index (χ1v) is 4.84. The molecule has 0 saturated carbocycles. The largest absolute Gasteiger partial charge is 0.244 e. The van der Waals surface area contributed by atoms with Gasteiger partial charge in [0.25, 0.3) is 0 Å². The molecule has 0 amide bonds. The highest BCUT2D eigenvalue weighted by atomic mass is 35.5. The molecule has 1 aromatic carbocycles. The third-order valence-corrected chi connectivity index (χ3v) is 1.86. The number of benzene rings is 1. The summed E-state index contributed by atoms with van der Waals surface area (Å²) in [5.41, 5.74) is 0. The number of hydrogen-bond acceptors (Lipinski definition) is 1. The van der Waals surface area contributed by atoms with Gasteiger partial charge in [0.1, 0.15) is 11.0 Å². The van der Waals surface area contributed by atoms with Crippen molar-refractivity contribution in [1.29, 1.82) is 0 Å². The molecule has 0 radical (unpaired) electrons. The lowest BCUT2D eigenvalue weighted by molar-refractivity contribution is 0.629. The fourth-order valence-corrected chi connectivity index (χ4v) is 1.25. The third kappa shape index (κ3) is 2.42. The second-order valence-electron chi connectivity index (χ2n) is 2.50. The highest BCUT2D eigenvalue weighted by Gasteiger charge is 1.96. The Morgan fingerprint density at radius 2 is 1.86 bits per heavy atom. The van der Waals surface area contributed by atoms with Crippen LogP contribution in [0.4, 0.5) is 4.39 Å². The zero-order valence-electron chi connectivity index (χ0n) is 8.09. The predicted octanol–water partition coefficient (Wildman–Crippen LogP) is 4.05. The summed E-state index contributed by atoms with van der Waals surface area (Å²) in [6.07, 6.45) is 1.62. The maximum Gasteiger partial charge on any atom is 0.129 e. The van der Waals surface area contributed by atoms with Crippen molar-refractivity contribution in [2.45, 2.75) is 13.8 Å². The molecule has 0 fully saturated rings. The molecule has 3 heteroatoms. The molecule has 2 aromatic rings. The van der Waals surface area contributed by atoms with E-state index in [1.807, 2.05) is 13.8 Å². The SMILES string of the molecule is CC.Fc1ccc2cnc(Cl)cc2c1. The van der Waals surface area contributed by atoms with Crippen LogP contribution in [0.3, 0.4) is 0 Å². The van der Waals surface area contributed by atoms with E-state index in [1.165, 1.54) is 12.1 Å². The minimum absolute atomic E-state index is 0.259. The molecule has 0 spiro atoms. The molecule has 0 aliphatic rings. The minimum atomic E-state index is -0.259. The van der Waals surface area contributed by atoms with E-state index in [4.69, 9.17) is 11.6 Å². The molecule has 1 heterocycles. The van der Waals surface area contributed by atoms with Gasteiger partial charge >= 0.3 is 0 Å². The van der Waals surface area contributed by atoms with Crippen LogP contribution in [0.2, 0.25) is 5.15 Å². The zero-order valence-corrected chi connectivity index (χ0v) is 8.85. The van der Waals surface area contributed by atoms with Gasteiger partial charge < -0.3 is 0 Å². The summed E-state index contributed by atoms with van der Waals surface area (Å²) in [5.74, 6) is -0.259. The quantitative estimate of drug-likeness (QED) is 0.599. The van der Waals surface area contributed by atoms with Crippen molar-refractivity contribution in [3.63, 3.8) is 0 Å². The van der Waals surface area contributed by atoms with Gasteiger partial charge in [-0.2, -0.15) is 0 Å². The summed E-state index contributed by atoms with van der Waals surface area (Å²) in [5, 5.41) is 2.05. The van der Waals surface area contributed by atoms with Crippen molar-refractivity contribution in [2.24, 2.45) is 0 Å². The van der Waals surface area contributed by atoms with Gasteiger partial charge in [0.2, 0.25) is 0 Å². The Labute approximate surface area is 87.5 Å². The molecule has 1 nitrogen and oxygen atoms in total. The highest BCUT2D eigenvalue weighted by molar-refractivity contribution is 6.30. The smallest absolute Gasteiger partial charge is 0.129 e. The van der Waals surface area contributed by atoms with Crippen molar-refractivity contribution in [1.82, 2.24) is 4.98 Å². The summed E-state index contributed by atoms with van der Waals surface area (Å²) in [6.45, 7) is 4.00. The molecular formula is C11H11ClFN. The Bertz CT molecular complexity index is 392. The zero-order chi connectivity index (χ0) is 10.6. The molecule has 74 valence electrons. The van der Waals surface area contributed by atoms with Crippen LogP contribution < -0.4 is 0 Å². The molecule has 0 unspecified atom stereocenters. The Balaban J connectivity index is 0.000000461. The maximum atomic E-state index is 12.7. The topological polar surface area (TPSA) is 12.9 Å². The standard InChI is InChI=1S/C9H5ClFN.C2H6/c10-9-4-7-3-8(11)2-1-6(7)5-12-9;1-2/h1-5H;1-2H3. The summed E-state index contributed by atoms with van der Waals surface area (Å²) < 4.78 is 12.7. The first-order valence-electron chi connectivity index (χ1n) is 4.46. The van der Waals surface area contributed by atoms with E-state index in [2.05, 4.69) is 4.98 Å². The monoisotopic (exact) mass is 211 g/mol. The average molecular weight is 212 g/mol. The van der Waals surface area contributed by atoms with Gasteiger partial charge in [0.05, 0.1) is 0 Å². The van der Waals surface area contributed by atoms with Gasteiger partial charge in [-0.25, -0.2) is 9.37 Å². The summed E-state index contributed by atoms with van der Waals surface area (Å²) >= 11 is 5.64. The Kier molecular flexibility index (Phi) is 3.84. The normalized spacial score (nSPS) is 9.43. The van der Waals surface area contributed by atoms with E-state index >= 15 is 0 Å². The van der Waals surface area contributed by atoms with Crippen LogP contribution >= 0.6 is 11.6 Å². The Morgan fingerprint density at radius 3 is 2.57 bits per heavy atom. The van der Waals surface area contributed by atoms with E-state index in [1.54, 1.807) is 18.3 Å². The lowest BCUT2D eigenvalue weighted by Crippen LogP contribution is -1.78. The predicted molar refractivity (Wildman–Crippen MR) is 58.1 cm³/mol. The number of pyridine rings is 1. The lowest BCUT2D eigenvalue weighted by Gasteiger charge is -1.96. The van der Waals surface area contributed by atoms with Gasteiger partial charge in [0.15, 0.2) is 0 Å². The highest BCUT2D eigenvalue weighted by Crippen LogP contribution is 2.17. The van der Waals surface area contributed by atoms with Crippen molar-refractivity contribution in [3.8, 4) is 0 Å². The number of halogens is 2. The van der Waals surface area contributed by atoms with Crippen molar-refractivity contribution in [3.05, 3.63) is 41.4 Å². The molecule has 2 rings (SSSR count). The molecule has 0 N–H and O–H groups in total. The number of rotatable bonds is 0. The van der Waals surface area contributed by atoms with E-state index in [0.29, 0.717) is 5.15 Å². The molecular weight excluding hydrogens is 201 g/mol. The molecule has 0 atom stereocenters. The number of fused-ring (bicyclic) bond motifs is 1. The number of nitrogens with zero attached hydrogens (tertiary/aromatic N) is 1. The Morgan fingerprint density at radius 1 is 1.14 bits per heavy atom. The van der Waals surface area contributed by atoms with Gasteiger partial charge in [-0.1, -0.05) is 25.4 Å². The second kappa shape index (κ2) is 4.91. The summed E-state index contributed by atoms with van der Waals surface area (Å²) in [4.78, 5) is 3.88. The first kappa shape index (κ1) is 10.9. The summed E-state index contributed by atoms with van der Waals surface area (Å²) in [7, 11) is 0. The Hall–Kier alpha value is -1.15. The van der Waals surface area contributed by atoms with Crippen LogP contribution in [0.1, 0.15) is 13.8 Å². The van der Waals surface area contributed by atoms with Gasteiger partial charge in [0, 0.05) is 11.6 Å². The first-order chi connectivity index (χ1) is 6.75. The molecule has 0 aliphatic heterocycles. The van der Waals surface area contributed by atoms with Crippen LogP contribution in [-0.2, 0) is 0 Å². The van der Waals surface area contributed by atoms with Crippen molar-refractivity contribution >= 4 is 22.4 Å². The number of hydrogen-bond donors (Lipinski definition) is 0. The lowest BCUT2D eigenvalue weighted by atomic mass is 10.2. The van der Waals surface area contributed by atoms with E-state index < -0.39 is 0 Å².